The Labute approximate surface area is 739 Å². The molecule has 0 atom stereocenters. The molecule has 4 aliphatic rings. The normalized spacial score (nSPS) is 12.9. The van der Waals surface area contributed by atoms with Gasteiger partial charge in [0.1, 0.15) is 23.0 Å². The zero-order valence-electron chi connectivity index (χ0n) is 69.2. The first kappa shape index (κ1) is 73.8. The van der Waals surface area contributed by atoms with Crippen molar-refractivity contribution in [3.63, 3.8) is 0 Å². The van der Waals surface area contributed by atoms with E-state index in [-0.39, 0.29) is 0 Å². The summed E-state index contributed by atoms with van der Waals surface area (Å²) in [5.74, 6) is 4.95. The van der Waals surface area contributed by atoms with Crippen LogP contribution in [0.25, 0.3) is 178 Å². The maximum absolute atomic E-state index is 6.64. The maximum Gasteiger partial charge on any atom is 0.160 e. The van der Waals surface area contributed by atoms with Gasteiger partial charge in [-0.1, -0.05) is 358 Å². The Balaban J connectivity index is 0.000000139. The first-order valence-corrected chi connectivity index (χ1v) is 43.5. The first-order valence-electron chi connectivity index (χ1n) is 43.5. The molecule has 6 heterocycles. The maximum atomic E-state index is 6.64. The lowest BCUT2D eigenvalue weighted by Gasteiger charge is -2.39. The molecule has 0 saturated carbocycles. The lowest BCUT2D eigenvalue weighted by atomic mass is 9.66. The molecule has 8 heteroatoms. The fourth-order valence-corrected chi connectivity index (χ4v) is 20.6. The molecule has 0 fully saturated rings. The second kappa shape index (κ2) is 30.0. The summed E-state index contributed by atoms with van der Waals surface area (Å²) in [7, 11) is 0. The third-order valence-electron chi connectivity index (χ3n) is 26.3. The van der Waals surface area contributed by atoms with Crippen molar-refractivity contribution in [3.8, 4) is 158 Å². The summed E-state index contributed by atoms with van der Waals surface area (Å²) < 4.78 is 13.3. The summed E-state index contributed by atoms with van der Waals surface area (Å²) in [5.41, 5.74) is 33.5. The van der Waals surface area contributed by atoms with Gasteiger partial charge in [0.2, 0.25) is 0 Å². The molecule has 0 N–H and O–H groups in total. The number of aromatic nitrogens is 6. The predicted octanol–water partition coefficient (Wildman–Crippen LogP) is 30.0. The smallest absolute Gasteiger partial charge is 0.160 e. The van der Waals surface area contributed by atoms with E-state index in [0.717, 1.165) is 179 Å². The summed E-state index contributed by atoms with van der Waals surface area (Å²) in [6, 6.07) is 159. The van der Waals surface area contributed by atoms with Crippen LogP contribution in [0.15, 0.2) is 449 Å². The van der Waals surface area contributed by atoms with Crippen molar-refractivity contribution in [2.24, 2.45) is 0 Å². The number of para-hydroxylation sites is 6. The quantitative estimate of drug-likeness (QED) is 0.125. The van der Waals surface area contributed by atoms with Crippen LogP contribution in [0.1, 0.15) is 44.5 Å². The van der Waals surface area contributed by atoms with E-state index in [1.54, 1.807) is 0 Å². The van der Waals surface area contributed by atoms with Crippen molar-refractivity contribution in [1.29, 1.82) is 0 Å². The number of rotatable bonds is 10. The third-order valence-corrected chi connectivity index (χ3v) is 26.3. The molecular weight excluding hydrogens is 1560 g/mol. The third kappa shape index (κ3) is 11.9. The molecule has 128 heavy (non-hydrogen) atoms. The minimum Gasteiger partial charge on any atom is -0.457 e. The minimum absolute atomic E-state index is 0.555. The van der Waals surface area contributed by atoms with Crippen LogP contribution in [0.2, 0.25) is 0 Å². The van der Waals surface area contributed by atoms with Gasteiger partial charge in [0.05, 0.1) is 56.0 Å². The zero-order chi connectivity index (χ0) is 84.4. The van der Waals surface area contributed by atoms with Crippen LogP contribution in [0.5, 0.6) is 23.0 Å². The highest BCUT2D eigenvalue weighted by Gasteiger charge is 2.53. The molecule has 4 aromatic heterocycles. The summed E-state index contributed by atoms with van der Waals surface area (Å²) in [6.07, 6.45) is 0. The van der Waals surface area contributed by atoms with Crippen LogP contribution in [-0.4, -0.2) is 29.9 Å². The van der Waals surface area contributed by atoms with Gasteiger partial charge in [0.15, 0.2) is 11.6 Å². The van der Waals surface area contributed by atoms with Gasteiger partial charge in [0.25, 0.3) is 0 Å². The average Bonchev–Trinajstić information content (AvgIpc) is 1.44. The Morgan fingerprint density at radius 2 is 0.445 bits per heavy atom. The second-order valence-corrected chi connectivity index (χ2v) is 33.3. The van der Waals surface area contributed by atoms with Gasteiger partial charge < -0.3 is 9.47 Å². The van der Waals surface area contributed by atoms with E-state index < -0.39 is 10.8 Å². The van der Waals surface area contributed by atoms with Crippen molar-refractivity contribution in [2.45, 2.75) is 10.8 Å². The summed E-state index contributed by atoms with van der Waals surface area (Å²) >= 11 is 0. The predicted molar refractivity (Wildman–Crippen MR) is 519 cm³/mol. The number of benzene rings is 18. The topological polar surface area (TPSA) is 95.8 Å². The Morgan fingerprint density at radius 1 is 0.156 bits per heavy atom. The molecule has 22 aromatic rings. The molecule has 0 amide bonds. The first-order chi connectivity index (χ1) is 63.4. The Bertz CT molecular complexity index is 8060. The van der Waals surface area contributed by atoms with Gasteiger partial charge >= 0.3 is 0 Å². The largest absolute Gasteiger partial charge is 0.457 e. The van der Waals surface area contributed by atoms with Crippen molar-refractivity contribution < 1.29 is 9.47 Å². The van der Waals surface area contributed by atoms with Crippen molar-refractivity contribution in [3.05, 3.63) is 493 Å². The zero-order valence-corrected chi connectivity index (χ0v) is 69.2. The fourth-order valence-electron chi connectivity index (χ4n) is 20.6. The fraction of sp³-hybridized carbons (Fsp3) is 0.0167. The molecule has 0 bridgehead atoms. The lowest BCUT2D eigenvalue weighted by molar-refractivity contribution is 0.436. The van der Waals surface area contributed by atoms with Gasteiger partial charge in [0, 0.05) is 88.3 Å². The molecule has 18 aromatic carbocycles. The Morgan fingerprint density at radius 3 is 0.852 bits per heavy atom. The van der Waals surface area contributed by atoms with Crippen LogP contribution < -0.4 is 9.47 Å². The number of ether oxygens (including phenoxy) is 2. The van der Waals surface area contributed by atoms with E-state index in [1.165, 1.54) is 55.3 Å². The molecule has 0 unspecified atom stereocenters. The van der Waals surface area contributed by atoms with E-state index in [9.17, 15) is 0 Å². The molecule has 8 nitrogen and oxygen atoms in total. The van der Waals surface area contributed by atoms with Gasteiger partial charge in [-0.05, 0) is 169 Å². The van der Waals surface area contributed by atoms with Crippen molar-refractivity contribution in [1.82, 2.24) is 29.9 Å². The highest BCUT2D eigenvalue weighted by atomic mass is 16.5. The van der Waals surface area contributed by atoms with Gasteiger partial charge in [-0.3, -0.25) is 0 Å². The van der Waals surface area contributed by atoms with Crippen LogP contribution in [-0.2, 0) is 10.8 Å². The van der Waals surface area contributed by atoms with E-state index in [0.29, 0.717) is 11.6 Å². The van der Waals surface area contributed by atoms with Crippen LogP contribution >= 0.6 is 0 Å². The van der Waals surface area contributed by atoms with Crippen molar-refractivity contribution >= 4 is 43.4 Å². The number of pyridine rings is 2. The van der Waals surface area contributed by atoms with Crippen LogP contribution in [0.4, 0.5) is 0 Å². The van der Waals surface area contributed by atoms with E-state index in [1.807, 2.05) is 72.8 Å². The van der Waals surface area contributed by atoms with E-state index >= 15 is 0 Å². The molecular formula is C120H74N6O2. The summed E-state index contributed by atoms with van der Waals surface area (Å²) in [6.45, 7) is 0. The van der Waals surface area contributed by atoms with Crippen molar-refractivity contribution in [2.75, 3.05) is 0 Å². The average molecular weight is 1630 g/mol. The number of nitrogens with zero attached hydrogens (tertiary/aromatic N) is 6. The minimum atomic E-state index is -0.561. The molecule has 596 valence electrons. The Kier molecular flexibility index (Phi) is 17.3. The molecule has 26 rings (SSSR count). The van der Waals surface area contributed by atoms with Gasteiger partial charge in [-0.2, -0.15) is 0 Å². The molecule has 2 aliphatic heterocycles. The number of fused-ring (bicyclic) bond motifs is 24. The SMILES string of the molecule is c1ccc(-c2cc(-c3ccc(-c4cccc(-c5nc6ccccc6c6cc7c(cc56)-c5ccccc5C75c6ccccc6Oc6ccccc65)c4)cc3)nc(-c3ccccc3)n2)cc1.c1ccc(-c2cc(-c3cccc(-c4cccc(-c5nc6ccccc6c6cc7c(cc56)-c5ccccc5C75c6ccccc6Oc6ccccc65)c4)c3)nc(-c3ccccc3)n2)cc1. The standard InChI is InChI=1S/2C60H37N3O/c1-3-17-38(18-4-1)54-37-55(63-59(62-54)39-19-5-2-6-20-39)42-23-15-21-40(33-42)41-22-16-24-43(34-41)58-48-35-47-44-25-7-9-27-49(44)60(52(47)36-46(48)45-26-8-12-30-53(45)61-58)50-28-10-13-31-56(50)64-57-32-14-11-29-51(57)60;1-3-16-39(17-4-1)54-37-55(63-59(62-54)41-18-5-2-6-19-41)40-32-30-38(31-33-40)42-20-15-21-43(34-42)58-48-35-47-44-22-7-9-24-49(44)60(52(47)36-46(48)45-23-8-12-27-53(45)61-58)50-25-10-13-28-56(50)64-57-29-14-11-26-51(57)60/h2*1-37H. The van der Waals surface area contributed by atoms with Crippen LogP contribution in [0, 0.1) is 0 Å². The molecule has 0 radical (unpaired) electrons. The Hall–Kier alpha value is -16.9. The van der Waals surface area contributed by atoms with E-state index in [2.05, 4.69) is 376 Å². The lowest BCUT2D eigenvalue weighted by Crippen LogP contribution is -2.32. The van der Waals surface area contributed by atoms with Gasteiger partial charge in [-0.15, -0.1) is 0 Å². The number of hydrogen-bond donors (Lipinski definition) is 0. The second-order valence-electron chi connectivity index (χ2n) is 33.3. The van der Waals surface area contributed by atoms with E-state index in [4.69, 9.17) is 39.4 Å². The van der Waals surface area contributed by atoms with Gasteiger partial charge in [-0.25, -0.2) is 29.9 Å². The monoisotopic (exact) mass is 1630 g/mol. The summed E-state index contributed by atoms with van der Waals surface area (Å²) in [4.78, 5) is 31.1. The van der Waals surface area contributed by atoms with Crippen LogP contribution in [0.3, 0.4) is 0 Å². The highest BCUT2D eigenvalue weighted by molar-refractivity contribution is 6.16. The highest BCUT2D eigenvalue weighted by Crippen LogP contribution is 2.65. The molecule has 0 saturated heterocycles. The molecule has 2 spiro atoms. The molecule has 2 aliphatic carbocycles. The summed E-state index contributed by atoms with van der Waals surface area (Å²) in [5, 5.41) is 6.85. The number of hydrogen-bond acceptors (Lipinski definition) is 8.